The molecule has 0 amide bonds. The molecule has 0 radical (unpaired) electrons. The van der Waals surface area contributed by atoms with E-state index in [0.29, 0.717) is 5.76 Å². The number of aromatic nitrogens is 3. The second-order valence-electron chi connectivity index (χ2n) is 2.90. The van der Waals surface area contributed by atoms with E-state index in [1.54, 1.807) is 12.2 Å². The second kappa shape index (κ2) is 4.84. The van der Waals surface area contributed by atoms with E-state index in [1.807, 2.05) is 0 Å². The highest BCUT2D eigenvalue weighted by molar-refractivity contribution is 5.77. The van der Waals surface area contributed by atoms with Crippen LogP contribution < -0.4 is 0 Å². The van der Waals surface area contributed by atoms with Crippen molar-refractivity contribution in [3.05, 3.63) is 46.7 Å². The van der Waals surface area contributed by atoms with Crippen molar-refractivity contribution in [3.8, 4) is 0 Å². The number of nitro groups is 1. The van der Waals surface area contributed by atoms with E-state index in [-0.39, 0.29) is 5.88 Å². The van der Waals surface area contributed by atoms with Crippen LogP contribution in [-0.4, -0.2) is 26.0 Å². The molecule has 17 heavy (non-hydrogen) atoms. The molecule has 0 bridgehead atoms. The first-order valence-corrected chi connectivity index (χ1v) is 4.55. The molecule has 0 fully saturated rings. The summed E-state index contributed by atoms with van der Waals surface area (Å²) in [5.41, 5.74) is 0. The first kappa shape index (κ1) is 10.7. The highest BCUT2D eigenvalue weighted by atomic mass is 16.6. The topological polar surface area (TPSA) is 99.3 Å². The fourth-order valence-corrected chi connectivity index (χ4v) is 1.04. The van der Waals surface area contributed by atoms with Crippen LogP contribution in [0.2, 0.25) is 0 Å². The quantitative estimate of drug-likeness (QED) is 0.450. The molecule has 0 atom stereocenters. The molecular formula is C9H7N5O3. The standard InChI is InChI=1S/C9H7N5O3/c15-14(16)9-4-3-8(17-9)2-1-5-12-13-6-10-11-7-13/h1-7H/b2-1+,12-5+. The molecule has 2 rings (SSSR count). The lowest BCUT2D eigenvalue weighted by molar-refractivity contribution is -0.402. The average molecular weight is 233 g/mol. The van der Waals surface area contributed by atoms with Gasteiger partial charge in [-0.15, -0.1) is 10.2 Å². The maximum atomic E-state index is 10.3. The van der Waals surface area contributed by atoms with Crippen LogP contribution in [0, 0.1) is 10.1 Å². The van der Waals surface area contributed by atoms with Gasteiger partial charge in [-0.05, 0) is 18.2 Å². The predicted molar refractivity (Wildman–Crippen MR) is 58.3 cm³/mol. The van der Waals surface area contributed by atoms with Crippen molar-refractivity contribution in [1.29, 1.82) is 0 Å². The fraction of sp³-hybridized carbons (Fsp3) is 0. The van der Waals surface area contributed by atoms with Gasteiger partial charge in [-0.3, -0.25) is 10.1 Å². The Morgan fingerprint density at radius 2 is 2.18 bits per heavy atom. The third-order valence-corrected chi connectivity index (χ3v) is 1.75. The van der Waals surface area contributed by atoms with Crippen LogP contribution in [0.5, 0.6) is 0 Å². The average Bonchev–Trinajstić information content (AvgIpc) is 2.96. The summed E-state index contributed by atoms with van der Waals surface area (Å²) in [5.74, 6) is 0.0901. The largest absolute Gasteiger partial charge is 0.433 e. The number of furan rings is 1. The maximum Gasteiger partial charge on any atom is 0.433 e. The second-order valence-corrected chi connectivity index (χ2v) is 2.90. The zero-order valence-corrected chi connectivity index (χ0v) is 8.50. The first-order chi connectivity index (χ1) is 8.25. The number of hydrogen-bond acceptors (Lipinski definition) is 6. The highest BCUT2D eigenvalue weighted by Gasteiger charge is 2.09. The van der Waals surface area contributed by atoms with E-state index in [9.17, 15) is 10.1 Å². The van der Waals surface area contributed by atoms with Gasteiger partial charge in [0.2, 0.25) is 0 Å². The molecule has 8 nitrogen and oxygen atoms in total. The van der Waals surface area contributed by atoms with Crippen molar-refractivity contribution in [2.24, 2.45) is 5.10 Å². The molecule has 2 aromatic rings. The van der Waals surface area contributed by atoms with E-state index in [0.717, 1.165) is 0 Å². The van der Waals surface area contributed by atoms with Gasteiger partial charge >= 0.3 is 5.88 Å². The van der Waals surface area contributed by atoms with Crippen LogP contribution in [0.4, 0.5) is 5.88 Å². The maximum absolute atomic E-state index is 10.3. The summed E-state index contributed by atoms with van der Waals surface area (Å²) in [4.78, 5) is 9.75. The highest BCUT2D eigenvalue weighted by Crippen LogP contribution is 2.16. The van der Waals surface area contributed by atoms with E-state index in [4.69, 9.17) is 4.42 Å². The lowest BCUT2D eigenvalue weighted by Gasteiger charge is -1.84. The van der Waals surface area contributed by atoms with Crippen molar-refractivity contribution in [2.45, 2.75) is 0 Å². The Balaban J connectivity index is 1.98. The Morgan fingerprint density at radius 3 is 2.82 bits per heavy atom. The fourth-order valence-electron chi connectivity index (χ4n) is 1.04. The van der Waals surface area contributed by atoms with E-state index in [2.05, 4.69) is 15.3 Å². The molecule has 0 saturated heterocycles. The molecule has 0 aliphatic rings. The first-order valence-electron chi connectivity index (χ1n) is 4.55. The summed E-state index contributed by atoms with van der Waals surface area (Å²) < 4.78 is 6.31. The Morgan fingerprint density at radius 1 is 1.41 bits per heavy atom. The van der Waals surface area contributed by atoms with E-state index >= 15 is 0 Å². The smallest absolute Gasteiger partial charge is 0.401 e. The molecular weight excluding hydrogens is 226 g/mol. The summed E-state index contributed by atoms with van der Waals surface area (Å²) in [5, 5.41) is 21.4. The van der Waals surface area contributed by atoms with Crippen LogP contribution in [-0.2, 0) is 0 Å². The molecule has 0 aromatic carbocycles. The van der Waals surface area contributed by atoms with E-state index < -0.39 is 4.92 Å². The SMILES string of the molecule is O=[N+]([O-])c1ccc(/C=C/C=N/n2cnnc2)o1. The van der Waals surface area contributed by atoms with Crippen molar-refractivity contribution in [1.82, 2.24) is 14.9 Å². The molecule has 2 heterocycles. The molecule has 0 unspecified atom stereocenters. The van der Waals surface area contributed by atoms with Gasteiger partial charge in [0.15, 0.2) is 0 Å². The van der Waals surface area contributed by atoms with Gasteiger partial charge in [0.1, 0.15) is 23.3 Å². The summed E-state index contributed by atoms with van der Waals surface area (Å²) in [6, 6.07) is 2.79. The normalized spacial score (nSPS) is 11.5. The Bertz CT molecular complexity index is 555. The van der Waals surface area contributed by atoms with Crippen LogP contribution in [0.15, 0.2) is 40.4 Å². The molecule has 2 aromatic heterocycles. The summed E-state index contributed by atoms with van der Waals surface area (Å²) in [7, 11) is 0. The molecule has 0 aliphatic carbocycles. The van der Waals surface area contributed by atoms with Gasteiger partial charge in [-0.25, -0.2) is 4.68 Å². The van der Waals surface area contributed by atoms with Crippen molar-refractivity contribution < 1.29 is 9.34 Å². The number of allylic oxidation sites excluding steroid dienone is 1. The number of rotatable bonds is 4. The zero-order chi connectivity index (χ0) is 12.1. The lowest BCUT2D eigenvalue weighted by atomic mass is 10.4. The molecule has 0 N–H and O–H groups in total. The van der Waals surface area contributed by atoms with Crippen LogP contribution in [0.25, 0.3) is 6.08 Å². The molecule has 86 valence electrons. The van der Waals surface area contributed by atoms with Crippen LogP contribution in [0.1, 0.15) is 5.76 Å². The number of hydrogen-bond donors (Lipinski definition) is 0. The lowest BCUT2D eigenvalue weighted by Crippen LogP contribution is -1.82. The monoisotopic (exact) mass is 233 g/mol. The van der Waals surface area contributed by atoms with Gasteiger partial charge in [0.25, 0.3) is 0 Å². The molecule has 0 saturated carbocycles. The zero-order valence-electron chi connectivity index (χ0n) is 8.50. The molecule has 8 heteroatoms. The molecule has 0 aliphatic heterocycles. The van der Waals surface area contributed by atoms with Gasteiger partial charge in [0, 0.05) is 6.21 Å². The third-order valence-electron chi connectivity index (χ3n) is 1.75. The van der Waals surface area contributed by atoms with Crippen molar-refractivity contribution in [3.63, 3.8) is 0 Å². The van der Waals surface area contributed by atoms with Crippen LogP contribution >= 0.6 is 0 Å². The minimum atomic E-state index is -0.595. The Hall–Kier alpha value is -2.77. The Labute approximate surface area is 95.0 Å². The van der Waals surface area contributed by atoms with Crippen molar-refractivity contribution in [2.75, 3.05) is 0 Å². The summed E-state index contributed by atoms with van der Waals surface area (Å²) in [6.45, 7) is 0. The Kier molecular flexibility index (Phi) is 3.05. The minimum absolute atomic E-state index is 0.291. The summed E-state index contributed by atoms with van der Waals surface area (Å²) >= 11 is 0. The third kappa shape index (κ3) is 2.84. The van der Waals surface area contributed by atoms with Gasteiger partial charge in [-0.1, -0.05) is 0 Å². The molecule has 0 spiro atoms. The summed E-state index contributed by atoms with van der Waals surface area (Å²) in [6.07, 6.45) is 7.49. The van der Waals surface area contributed by atoms with Gasteiger partial charge < -0.3 is 4.42 Å². The number of nitrogens with zero attached hydrogens (tertiary/aromatic N) is 5. The van der Waals surface area contributed by atoms with Crippen LogP contribution in [0.3, 0.4) is 0 Å². The van der Waals surface area contributed by atoms with Gasteiger partial charge in [0.05, 0.1) is 6.07 Å². The predicted octanol–water partition coefficient (Wildman–Crippen LogP) is 1.33. The van der Waals surface area contributed by atoms with E-state index in [1.165, 1.54) is 35.7 Å². The minimum Gasteiger partial charge on any atom is -0.401 e. The van der Waals surface area contributed by atoms with Crippen molar-refractivity contribution >= 4 is 18.2 Å². The van der Waals surface area contributed by atoms with Gasteiger partial charge in [-0.2, -0.15) is 5.10 Å².